The second-order valence-corrected chi connectivity index (χ2v) is 5.86. The monoisotopic (exact) mass is 240 g/mol. The molecule has 3 heteroatoms. The van der Waals surface area contributed by atoms with Crippen LogP contribution in [0.3, 0.4) is 0 Å². The molecule has 3 unspecified atom stereocenters. The molecule has 1 rings (SSSR count). The highest BCUT2D eigenvalue weighted by atomic mass is 32.2. The molecule has 0 aromatic rings. The van der Waals surface area contributed by atoms with E-state index in [2.05, 4.69) is 24.6 Å². The Labute approximate surface area is 104 Å². The van der Waals surface area contributed by atoms with Crippen molar-refractivity contribution in [3.05, 3.63) is 0 Å². The molecule has 1 saturated carbocycles. The number of nitrogens with zero attached hydrogens (tertiary/aromatic N) is 1. The van der Waals surface area contributed by atoms with Crippen molar-refractivity contribution < 1.29 is 0 Å². The highest BCUT2D eigenvalue weighted by Crippen LogP contribution is 2.23. The average molecular weight is 240 g/mol. The van der Waals surface area contributed by atoms with Crippen LogP contribution < -0.4 is 5.32 Å². The molecule has 3 atom stereocenters. The van der Waals surface area contributed by atoms with Gasteiger partial charge in [0, 0.05) is 6.04 Å². The average Bonchev–Trinajstić information content (AvgIpc) is 2.51. The molecule has 0 aromatic carbocycles. The molecular weight excluding hydrogens is 216 g/mol. The Bertz CT molecular complexity index is 224. The fourth-order valence-corrected chi connectivity index (χ4v) is 3.09. The van der Waals surface area contributed by atoms with Crippen LogP contribution in [0.25, 0.3) is 0 Å². The first-order chi connectivity index (χ1) is 7.77. The molecule has 0 heterocycles. The lowest BCUT2D eigenvalue weighted by Gasteiger charge is -2.22. The van der Waals surface area contributed by atoms with Gasteiger partial charge in [0.15, 0.2) is 0 Å². The van der Waals surface area contributed by atoms with Gasteiger partial charge < -0.3 is 5.32 Å². The van der Waals surface area contributed by atoms with Crippen LogP contribution in [0.5, 0.6) is 0 Å². The van der Waals surface area contributed by atoms with E-state index >= 15 is 0 Å². The van der Waals surface area contributed by atoms with Gasteiger partial charge in [0.25, 0.3) is 0 Å². The van der Waals surface area contributed by atoms with E-state index in [1.807, 2.05) is 11.8 Å². The van der Waals surface area contributed by atoms with Gasteiger partial charge in [-0.2, -0.15) is 17.0 Å². The minimum absolute atomic E-state index is 0.240. The van der Waals surface area contributed by atoms with Crippen molar-refractivity contribution in [1.82, 2.24) is 5.32 Å². The van der Waals surface area contributed by atoms with Crippen molar-refractivity contribution in [3.8, 4) is 6.07 Å². The van der Waals surface area contributed by atoms with Crippen molar-refractivity contribution in [2.75, 3.05) is 18.6 Å². The summed E-state index contributed by atoms with van der Waals surface area (Å²) in [6.45, 7) is 3.34. The Kier molecular flexibility index (Phi) is 6.91. The van der Waals surface area contributed by atoms with Gasteiger partial charge in [-0.3, -0.25) is 0 Å². The molecule has 0 aromatic heterocycles. The van der Waals surface area contributed by atoms with E-state index in [9.17, 15) is 0 Å². The highest BCUT2D eigenvalue weighted by Gasteiger charge is 2.23. The maximum atomic E-state index is 9.16. The first kappa shape index (κ1) is 13.9. The summed E-state index contributed by atoms with van der Waals surface area (Å²) in [6.07, 6.45) is 8.25. The maximum Gasteiger partial charge on any atom is 0.0672 e. The molecule has 0 spiro atoms. The maximum absolute atomic E-state index is 9.16. The predicted octanol–water partition coefficient (Wildman–Crippen LogP) is 3.05. The Morgan fingerprint density at radius 3 is 2.81 bits per heavy atom. The molecule has 1 aliphatic carbocycles. The third kappa shape index (κ3) is 4.76. The van der Waals surface area contributed by atoms with Gasteiger partial charge in [-0.15, -0.1) is 0 Å². The summed E-state index contributed by atoms with van der Waals surface area (Å²) >= 11 is 1.90. The smallest absolute Gasteiger partial charge is 0.0672 e. The van der Waals surface area contributed by atoms with Crippen molar-refractivity contribution in [3.63, 3.8) is 0 Å². The minimum atomic E-state index is 0.240. The van der Waals surface area contributed by atoms with E-state index in [1.54, 1.807) is 0 Å². The molecule has 0 bridgehead atoms. The van der Waals surface area contributed by atoms with Gasteiger partial charge in [-0.1, -0.05) is 26.2 Å². The number of hydrogen-bond donors (Lipinski definition) is 1. The number of thioether (sulfide) groups is 1. The number of nitrogens with one attached hydrogen (secondary N) is 1. The summed E-state index contributed by atoms with van der Waals surface area (Å²) in [6, 6.07) is 2.92. The third-order valence-corrected chi connectivity index (χ3v) is 4.26. The summed E-state index contributed by atoms with van der Waals surface area (Å²) in [4.78, 5) is 0. The van der Waals surface area contributed by atoms with Crippen molar-refractivity contribution in [2.45, 2.75) is 45.1 Å². The molecule has 92 valence electrons. The van der Waals surface area contributed by atoms with Crippen LogP contribution >= 0.6 is 11.8 Å². The van der Waals surface area contributed by atoms with Crippen LogP contribution in [0, 0.1) is 23.2 Å². The Morgan fingerprint density at radius 2 is 2.12 bits per heavy atom. The SMILES string of the molecule is CSCC(C)CNC1CCCCCC1C#N. The first-order valence-corrected chi connectivity index (χ1v) is 7.79. The zero-order chi connectivity index (χ0) is 11.8. The van der Waals surface area contributed by atoms with Gasteiger partial charge in [0.1, 0.15) is 0 Å². The van der Waals surface area contributed by atoms with E-state index in [-0.39, 0.29) is 5.92 Å². The summed E-state index contributed by atoms with van der Waals surface area (Å²) in [5, 5.41) is 12.8. The quantitative estimate of drug-likeness (QED) is 0.750. The summed E-state index contributed by atoms with van der Waals surface area (Å²) in [5.41, 5.74) is 0. The van der Waals surface area contributed by atoms with Crippen molar-refractivity contribution in [2.24, 2.45) is 11.8 Å². The summed E-state index contributed by atoms with van der Waals surface area (Å²) < 4.78 is 0. The van der Waals surface area contributed by atoms with Crippen LogP contribution in [0.1, 0.15) is 39.0 Å². The van der Waals surface area contributed by atoms with Gasteiger partial charge in [0.2, 0.25) is 0 Å². The van der Waals surface area contributed by atoms with Crippen LogP contribution in [-0.4, -0.2) is 24.6 Å². The molecule has 0 saturated heterocycles. The standard InChI is InChI=1S/C13H24N2S/c1-11(10-16-2)9-15-13-7-5-3-4-6-12(13)8-14/h11-13,15H,3-7,9-10H2,1-2H3. The van der Waals surface area contributed by atoms with Crippen LogP contribution in [0.2, 0.25) is 0 Å². The Balaban J connectivity index is 2.34. The van der Waals surface area contributed by atoms with Crippen molar-refractivity contribution in [1.29, 1.82) is 5.26 Å². The van der Waals surface area contributed by atoms with Gasteiger partial charge >= 0.3 is 0 Å². The first-order valence-electron chi connectivity index (χ1n) is 6.40. The van der Waals surface area contributed by atoms with E-state index < -0.39 is 0 Å². The summed E-state index contributed by atoms with van der Waals surface area (Å²) in [5.74, 6) is 2.15. The van der Waals surface area contributed by atoms with Gasteiger partial charge in [-0.05, 0) is 37.3 Å². The highest BCUT2D eigenvalue weighted by molar-refractivity contribution is 7.98. The lowest BCUT2D eigenvalue weighted by atomic mass is 9.96. The van der Waals surface area contributed by atoms with E-state index in [1.165, 1.54) is 31.4 Å². The van der Waals surface area contributed by atoms with Crippen molar-refractivity contribution >= 4 is 11.8 Å². The molecule has 16 heavy (non-hydrogen) atoms. The molecule has 1 aliphatic rings. The molecule has 1 N–H and O–H groups in total. The molecular formula is C13H24N2S. The van der Waals surface area contributed by atoms with E-state index in [4.69, 9.17) is 5.26 Å². The zero-order valence-electron chi connectivity index (χ0n) is 10.5. The Morgan fingerprint density at radius 1 is 1.38 bits per heavy atom. The van der Waals surface area contributed by atoms with E-state index in [0.717, 1.165) is 13.0 Å². The topological polar surface area (TPSA) is 35.8 Å². The fraction of sp³-hybridized carbons (Fsp3) is 0.923. The van der Waals surface area contributed by atoms with Crippen LogP contribution in [-0.2, 0) is 0 Å². The third-order valence-electron chi connectivity index (χ3n) is 3.36. The lowest BCUT2D eigenvalue weighted by molar-refractivity contribution is 0.375. The molecule has 2 nitrogen and oxygen atoms in total. The second kappa shape index (κ2) is 7.97. The normalized spacial score (nSPS) is 28.1. The number of rotatable bonds is 5. The predicted molar refractivity (Wildman–Crippen MR) is 71.5 cm³/mol. The summed E-state index contributed by atoms with van der Waals surface area (Å²) in [7, 11) is 0. The number of hydrogen-bond acceptors (Lipinski definition) is 3. The van der Waals surface area contributed by atoms with Gasteiger partial charge in [-0.25, -0.2) is 0 Å². The largest absolute Gasteiger partial charge is 0.312 e. The fourth-order valence-electron chi connectivity index (χ4n) is 2.40. The number of nitriles is 1. The molecule has 0 radical (unpaired) electrons. The van der Waals surface area contributed by atoms with Gasteiger partial charge in [0.05, 0.1) is 12.0 Å². The van der Waals surface area contributed by atoms with E-state index in [0.29, 0.717) is 12.0 Å². The minimum Gasteiger partial charge on any atom is -0.312 e. The zero-order valence-corrected chi connectivity index (χ0v) is 11.4. The Hall–Kier alpha value is -0.200. The van der Waals surface area contributed by atoms with Crippen LogP contribution in [0.4, 0.5) is 0 Å². The lowest BCUT2D eigenvalue weighted by Crippen LogP contribution is -2.38. The molecule has 1 fully saturated rings. The molecule has 0 amide bonds. The molecule has 0 aliphatic heterocycles. The van der Waals surface area contributed by atoms with Crippen LogP contribution in [0.15, 0.2) is 0 Å². The second-order valence-electron chi connectivity index (χ2n) is 4.95.